The minimum atomic E-state index is -4.51. The average molecular weight is 317 g/mol. The van der Waals surface area contributed by atoms with Crippen molar-refractivity contribution in [2.75, 3.05) is 5.32 Å². The van der Waals surface area contributed by atoms with Gasteiger partial charge in [0.2, 0.25) is 0 Å². The molecule has 5 nitrogen and oxygen atoms in total. The second kappa shape index (κ2) is 5.96. The average Bonchev–Trinajstić information content (AvgIpc) is 2.89. The van der Waals surface area contributed by atoms with E-state index in [1.165, 1.54) is 6.07 Å². The molecule has 2 rings (SSSR count). The number of benzene rings is 1. The van der Waals surface area contributed by atoms with Crippen molar-refractivity contribution < 1.29 is 32.6 Å². The molecule has 0 aromatic heterocycles. The number of anilines is 1. The Hall–Kier alpha value is -2.09. The van der Waals surface area contributed by atoms with Gasteiger partial charge in [0.15, 0.2) is 6.10 Å². The smallest absolute Gasteiger partial charge is 0.416 e. The number of carbonyl (C=O) groups is 2. The number of nitrogens with one attached hydrogen (secondary N) is 1. The summed E-state index contributed by atoms with van der Waals surface area (Å²) in [6.07, 6.45) is -6.14. The first-order chi connectivity index (χ1) is 10.2. The van der Waals surface area contributed by atoms with E-state index in [-0.39, 0.29) is 18.5 Å². The first-order valence-corrected chi connectivity index (χ1v) is 6.55. The molecule has 0 bridgehead atoms. The Morgan fingerprint density at radius 3 is 2.45 bits per heavy atom. The molecule has 1 aliphatic rings. The van der Waals surface area contributed by atoms with Crippen molar-refractivity contribution in [2.24, 2.45) is 0 Å². The highest BCUT2D eigenvalue weighted by atomic mass is 19.4. The lowest BCUT2D eigenvalue weighted by Crippen LogP contribution is -2.30. The van der Waals surface area contributed by atoms with E-state index in [4.69, 9.17) is 9.84 Å². The van der Waals surface area contributed by atoms with E-state index in [0.717, 1.165) is 12.1 Å². The molecule has 1 saturated heterocycles. The zero-order chi connectivity index (χ0) is 16.5. The summed E-state index contributed by atoms with van der Waals surface area (Å²) in [4.78, 5) is 22.7. The first-order valence-electron chi connectivity index (χ1n) is 6.55. The molecule has 2 N–H and O–H groups in total. The van der Waals surface area contributed by atoms with Crippen LogP contribution in [0.2, 0.25) is 0 Å². The van der Waals surface area contributed by atoms with Crippen LogP contribution in [-0.2, 0) is 20.5 Å². The molecule has 1 aliphatic heterocycles. The highest BCUT2D eigenvalue weighted by Crippen LogP contribution is 2.32. The molecule has 0 saturated carbocycles. The van der Waals surface area contributed by atoms with Gasteiger partial charge in [0.1, 0.15) is 6.10 Å². The van der Waals surface area contributed by atoms with E-state index in [1.807, 2.05) is 0 Å². The number of alkyl halides is 3. The summed E-state index contributed by atoms with van der Waals surface area (Å²) in [7, 11) is 0. The summed E-state index contributed by atoms with van der Waals surface area (Å²) in [5, 5.41) is 11.2. The second-order valence-electron chi connectivity index (χ2n) is 5.05. The topological polar surface area (TPSA) is 75.6 Å². The normalized spacial score (nSPS) is 21.6. The lowest BCUT2D eigenvalue weighted by atomic mass is 10.1. The summed E-state index contributed by atoms with van der Waals surface area (Å²) in [6.45, 7) is 1.56. The molecule has 8 heteroatoms. The Morgan fingerprint density at radius 2 is 1.91 bits per heavy atom. The molecule has 1 amide bonds. The van der Waals surface area contributed by atoms with Crippen LogP contribution in [0.3, 0.4) is 0 Å². The molecule has 0 radical (unpaired) electrons. The highest BCUT2D eigenvalue weighted by Gasteiger charge is 2.35. The quantitative estimate of drug-likeness (QED) is 0.898. The van der Waals surface area contributed by atoms with Crippen LogP contribution in [0.5, 0.6) is 0 Å². The van der Waals surface area contributed by atoms with Gasteiger partial charge in [0.05, 0.1) is 5.56 Å². The van der Waals surface area contributed by atoms with Gasteiger partial charge in [-0.1, -0.05) is 6.07 Å². The maximum Gasteiger partial charge on any atom is 0.416 e. The number of ether oxygens (including phenoxy) is 1. The highest BCUT2D eigenvalue weighted by molar-refractivity contribution is 5.95. The van der Waals surface area contributed by atoms with Crippen LogP contribution in [-0.4, -0.2) is 29.2 Å². The van der Waals surface area contributed by atoms with Gasteiger partial charge in [0.25, 0.3) is 5.91 Å². The third-order valence-corrected chi connectivity index (χ3v) is 3.41. The van der Waals surface area contributed by atoms with E-state index in [2.05, 4.69) is 5.32 Å². The van der Waals surface area contributed by atoms with Gasteiger partial charge < -0.3 is 15.2 Å². The van der Waals surface area contributed by atoms with Crippen LogP contribution in [0.15, 0.2) is 18.2 Å². The number of carboxylic acid groups (broad SMARTS) is 1. The van der Waals surface area contributed by atoms with E-state index in [0.29, 0.717) is 5.56 Å². The number of rotatable bonds is 3. The maximum absolute atomic E-state index is 12.7. The summed E-state index contributed by atoms with van der Waals surface area (Å²) >= 11 is 0. The van der Waals surface area contributed by atoms with Gasteiger partial charge in [-0.25, -0.2) is 4.79 Å². The number of amides is 1. The number of aliphatic carboxylic acids is 1. The zero-order valence-electron chi connectivity index (χ0n) is 11.6. The maximum atomic E-state index is 12.7. The Kier molecular flexibility index (Phi) is 4.41. The Balaban J connectivity index is 2.10. The Bertz CT molecular complexity index is 600. The third kappa shape index (κ3) is 3.56. The fraction of sp³-hybridized carbons (Fsp3) is 0.429. The number of halogens is 3. The minimum absolute atomic E-state index is 0.0298. The van der Waals surface area contributed by atoms with Crippen LogP contribution in [0.25, 0.3) is 0 Å². The third-order valence-electron chi connectivity index (χ3n) is 3.41. The van der Waals surface area contributed by atoms with E-state index >= 15 is 0 Å². The van der Waals surface area contributed by atoms with Crippen LogP contribution < -0.4 is 5.32 Å². The molecule has 1 aromatic carbocycles. The molecular weight excluding hydrogens is 303 g/mol. The first kappa shape index (κ1) is 16.3. The molecule has 0 aliphatic carbocycles. The minimum Gasteiger partial charge on any atom is -0.479 e. The molecule has 0 unspecified atom stereocenters. The molecule has 1 aromatic rings. The summed E-state index contributed by atoms with van der Waals surface area (Å²) in [6, 6.07) is 3.03. The van der Waals surface area contributed by atoms with Gasteiger partial charge in [0, 0.05) is 5.69 Å². The lowest BCUT2D eigenvalue weighted by Gasteiger charge is -2.15. The van der Waals surface area contributed by atoms with Crippen molar-refractivity contribution in [1.29, 1.82) is 0 Å². The van der Waals surface area contributed by atoms with E-state index < -0.39 is 35.8 Å². The van der Waals surface area contributed by atoms with Gasteiger partial charge in [-0.05, 0) is 37.5 Å². The standard InChI is InChI=1S/C14H14F3NO4/c1-7-2-3-8(14(15,16)17)6-9(7)18-12(19)10-4-5-11(22-10)13(20)21/h2-3,6,10-11H,4-5H2,1H3,(H,18,19)(H,20,21)/t10-,11+/m0/s1. The number of hydrogen-bond donors (Lipinski definition) is 2. The SMILES string of the molecule is Cc1ccc(C(F)(F)F)cc1NC(=O)[C@@H]1CC[C@H](C(=O)O)O1. The number of carboxylic acids is 1. The van der Waals surface area contributed by atoms with E-state index in [9.17, 15) is 22.8 Å². The van der Waals surface area contributed by atoms with Gasteiger partial charge >= 0.3 is 12.1 Å². The molecule has 1 fully saturated rings. The second-order valence-corrected chi connectivity index (χ2v) is 5.05. The number of aryl methyl sites for hydroxylation is 1. The van der Waals surface area contributed by atoms with Crippen LogP contribution in [0.1, 0.15) is 24.0 Å². The fourth-order valence-corrected chi connectivity index (χ4v) is 2.16. The lowest BCUT2D eigenvalue weighted by molar-refractivity contribution is -0.151. The van der Waals surface area contributed by atoms with Crippen LogP contribution >= 0.6 is 0 Å². The zero-order valence-corrected chi connectivity index (χ0v) is 11.6. The molecule has 120 valence electrons. The molecule has 0 spiro atoms. The molecule has 1 heterocycles. The largest absolute Gasteiger partial charge is 0.479 e. The van der Waals surface area contributed by atoms with Crippen molar-refractivity contribution in [3.8, 4) is 0 Å². The van der Waals surface area contributed by atoms with E-state index in [1.54, 1.807) is 6.92 Å². The van der Waals surface area contributed by atoms with Crippen molar-refractivity contribution in [1.82, 2.24) is 0 Å². The Morgan fingerprint density at radius 1 is 1.27 bits per heavy atom. The molecular formula is C14H14F3NO4. The monoisotopic (exact) mass is 317 g/mol. The number of carbonyl (C=O) groups excluding carboxylic acids is 1. The fourth-order valence-electron chi connectivity index (χ4n) is 2.16. The van der Waals surface area contributed by atoms with Crippen molar-refractivity contribution in [3.63, 3.8) is 0 Å². The van der Waals surface area contributed by atoms with Crippen molar-refractivity contribution >= 4 is 17.6 Å². The summed E-state index contributed by atoms with van der Waals surface area (Å²) < 4.78 is 43.1. The predicted molar refractivity (Wildman–Crippen MR) is 70.3 cm³/mol. The van der Waals surface area contributed by atoms with Crippen LogP contribution in [0, 0.1) is 6.92 Å². The number of hydrogen-bond acceptors (Lipinski definition) is 3. The molecule has 22 heavy (non-hydrogen) atoms. The van der Waals surface area contributed by atoms with Crippen molar-refractivity contribution in [3.05, 3.63) is 29.3 Å². The van der Waals surface area contributed by atoms with Crippen LogP contribution in [0.4, 0.5) is 18.9 Å². The van der Waals surface area contributed by atoms with Gasteiger partial charge in [-0.15, -0.1) is 0 Å². The summed E-state index contributed by atoms with van der Waals surface area (Å²) in [5.41, 5.74) is -0.375. The van der Waals surface area contributed by atoms with Gasteiger partial charge in [-0.2, -0.15) is 13.2 Å². The van der Waals surface area contributed by atoms with Crippen molar-refractivity contribution in [2.45, 2.75) is 38.1 Å². The van der Waals surface area contributed by atoms with Gasteiger partial charge in [-0.3, -0.25) is 4.79 Å². The predicted octanol–water partition coefficient (Wildman–Crippen LogP) is 2.58. The summed E-state index contributed by atoms with van der Waals surface area (Å²) in [5.74, 6) is -1.81. The molecule has 2 atom stereocenters. The Labute approximate surface area is 124 Å².